The predicted molar refractivity (Wildman–Crippen MR) is 110 cm³/mol. The molecule has 0 bridgehead atoms. The molecule has 0 N–H and O–H groups in total. The largest absolute Gasteiger partial charge is 0.378 e. The Bertz CT molecular complexity index is 420. The highest BCUT2D eigenvalue weighted by Gasteiger charge is 2.25. The molecule has 138 valence electrons. The Balaban J connectivity index is 2.70. The van der Waals surface area contributed by atoms with Gasteiger partial charge in [0.1, 0.15) is 0 Å². The number of hydrogen-bond donors (Lipinski definition) is 0. The maximum atomic E-state index is 2.50. The second-order valence-electron chi connectivity index (χ2n) is 7.98. The predicted octanol–water partition coefficient (Wildman–Crippen LogP) is 7.34. The minimum absolute atomic E-state index is 0.352. The Morgan fingerprint density at radius 3 is 1.62 bits per heavy atom. The third kappa shape index (κ3) is 7.28. The van der Waals surface area contributed by atoms with Gasteiger partial charge in [0.2, 0.25) is 0 Å². The van der Waals surface area contributed by atoms with Gasteiger partial charge in [-0.2, -0.15) is 0 Å². The molecule has 0 saturated heterocycles. The van der Waals surface area contributed by atoms with Crippen molar-refractivity contribution in [1.29, 1.82) is 0 Å². The van der Waals surface area contributed by atoms with Crippen LogP contribution >= 0.6 is 0 Å². The van der Waals surface area contributed by atoms with Crippen LogP contribution in [-0.2, 0) is 5.41 Å². The fraction of sp³-hybridized carbons (Fsp3) is 0.739. The van der Waals surface area contributed by atoms with Crippen LogP contribution in [0, 0.1) is 0 Å². The van der Waals surface area contributed by atoms with Crippen molar-refractivity contribution < 1.29 is 0 Å². The summed E-state index contributed by atoms with van der Waals surface area (Å²) in [6, 6.07) is 9.33. The summed E-state index contributed by atoms with van der Waals surface area (Å²) in [5.41, 5.74) is 3.19. The molecule has 1 nitrogen and oxygen atoms in total. The summed E-state index contributed by atoms with van der Waals surface area (Å²) in [4.78, 5) is 2.19. The number of unbranched alkanes of at least 4 members (excludes halogenated alkanes) is 7. The zero-order chi connectivity index (χ0) is 17.8. The van der Waals surface area contributed by atoms with Gasteiger partial charge in [0.05, 0.1) is 0 Å². The first-order valence-corrected chi connectivity index (χ1v) is 10.3. The Hall–Kier alpha value is -0.980. The van der Waals surface area contributed by atoms with E-state index in [1.54, 1.807) is 5.56 Å². The molecule has 0 aliphatic carbocycles. The van der Waals surface area contributed by atoms with Gasteiger partial charge in [0.15, 0.2) is 0 Å². The van der Waals surface area contributed by atoms with E-state index in [4.69, 9.17) is 0 Å². The quantitative estimate of drug-likeness (QED) is 0.342. The number of hydrogen-bond acceptors (Lipinski definition) is 1. The van der Waals surface area contributed by atoms with Crippen molar-refractivity contribution in [1.82, 2.24) is 0 Å². The minimum atomic E-state index is 0.352. The van der Waals surface area contributed by atoms with E-state index in [0.29, 0.717) is 5.41 Å². The van der Waals surface area contributed by atoms with E-state index < -0.39 is 0 Å². The summed E-state index contributed by atoms with van der Waals surface area (Å²) in [6.45, 7) is 7.10. The van der Waals surface area contributed by atoms with Crippen LogP contribution in [0.1, 0.15) is 97.0 Å². The summed E-state index contributed by atoms with van der Waals surface area (Å²) in [6.07, 6.45) is 15.0. The first-order chi connectivity index (χ1) is 11.5. The molecule has 1 unspecified atom stereocenters. The van der Waals surface area contributed by atoms with E-state index in [2.05, 4.69) is 64.0 Å². The lowest BCUT2D eigenvalue weighted by molar-refractivity contribution is 0.363. The first-order valence-electron chi connectivity index (χ1n) is 10.3. The molecule has 0 saturated carbocycles. The zero-order valence-electron chi connectivity index (χ0n) is 17.0. The van der Waals surface area contributed by atoms with Crippen molar-refractivity contribution in [2.24, 2.45) is 0 Å². The molecule has 0 aromatic heterocycles. The number of benzene rings is 1. The maximum Gasteiger partial charge on any atom is 0.0361 e. The van der Waals surface area contributed by atoms with E-state index in [1.165, 1.54) is 76.3 Å². The molecule has 0 fully saturated rings. The fourth-order valence-corrected chi connectivity index (χ4v) is 3.64. The Kier molecular flexibility index (Phi) is 10.1. The molecule has 0 heterocycles. The maximum absolute atomic E-state index is 2.50. The number of anilines is 1. The van der Waals surface area contributed by atoms with Gasteiger partial charge in [-0.1, -0.05) is 90.7 Å². The summed E-state index contributed by atoms with van der Waals surface area (Å²) >= 11 is 0. The van der Waals surface area contributed by atoms with Gasteiger partial charge >= 0.3 is 0 Å². The van der Waals surface area contributed by atoms with E-state index in [1.807, 2.05) is 0 Å². The topological polar surface area (TPSA) is 3.24 Å². The SMILES string of the molecule is CCCCCCCC(C)(CCCCCC)c1ccc(N(C)C)cc1. The molecule has 0 spiro atoms. The van der Waals surface area contributed by atoms with Crippen molar-refractivity contribution in [2.45, 2.75) is 96.8 Å². The van der Waals surface area contributed by atoms with Crippen molar-refractivity contribution in [2.75, 3.05) is 19.0 Å². The molecular formula is C23H41N. The second kappa shape index (κ2) is 11.6. The molecule has 0 aliphatic rings. The van der Waals surface area contributed by atoms with Crippen LogP contribution in [0.25, 0.3) is 0 Å². The molecular weight excluding hydrogens is 290 g/mol. The Labute approximate surface area is 151 Å². The molecule has 0 radical (unpaired) electrons. The van der Waals surface area contributed by atoms with Gasteiger partial charge in [0.25, 0.3) is 0 Å². The van der Waals surface area contributed by atoms with Gasteiger partial charge in [-0.3, -0.25) is 0 Å². The van der Waals surface area contributed by atoms with Crippen LogP contribution < -0.4 is 4.90 Å². The highest BCUT2D eigenvalue weighted by Crippen LogP contribution is 2.36. The Morgan fingerprint density at radius 1 is 0.708 bits per heavy atom. The van der Waals surface area contributed by atoms with E-state index >= 15 is 0 Å². The monoisotopic (exact) mass is 331 g/mol. The van der Waals surface area contributed by atoms with Crippen LogP contribution in [0.4, 0.5) is 5.69 Å². The highest BCUT2D eigenvalue weighted by atomic mass is 15.1. The number of nitrogens with zero attached hydrogens (tertiary/aromatic N) is 1. The van der Waals surface area contributed by atoms with E-state index in [-0.39, 0.29) is 0 Å². The normalized spacial score (nSPS) is 13.7. The van der Waals surface area contributed by atoms with Crippen LogP contribution in [0.3, 0.4) is 0 Å². The lowest BCUT2D eigenvalue weighted by Gasteiger charge is -2.31. The molecule has 1 aromatic carbocycles. The lowest BCUT2D eigenvalue weighted by Crippen LogP contribution is -2.22. The van der Waals surface area contributed by atoms with Crippen molar-refractivity contribution in [3.05, 3.63) is 29.8 Å². The summed E-state index contributed by atoms with van der Waals surface area (Å²) in [5, 5.41) is 0. The van der Waals surface area contributed by atoms with Gasteiger partial charge in [-0.05, 0) is 36.0 Å². The molecule has 1 rings (SSSR count). The smallest absolute Gasteiger partial charge is 0.0361 e. The average molecular weight is 332 g/mol. The van der Waals surface area contributed by atoms with E-state index in [0.717, 1.165) is 0 Å². The molecule has 1 aromatic rings. The van der Waals surface area contributed by atoms with Gasteiger partial charge < -0.3 is 4.90 Å². The first kappa shape index (κ1) is 21.1. The minimum Gasteiger partial charge on any atom is -0.378 e. The van der Waals surface area contributed by atoms with E-state index in [9.17, 15) is 0 Å². The van der Waals surface area contributed by atoms with Crippen molar-refractivity contribution >= 4 is 5.69 Å². The van der Waals surface area contributed by atoms with Crippen molar-refractivity contribution in [3.63, 3.8) is 0 Å². The summed E-state index contributed by atoms with van der Waals surface area (Å²) in [5.74, 6) is 0. The molecule has 0 aliphatic heterocycles. The Morgan fingerprint density at radius 2 is 1.17 bits per heavy atom. The van der Waals surface area contributed by atoms with Gasteiger partial charge in [-0.25, -0.2) is 0 Å². The molecule has 24 heavy (non-hydrogen) atoms. The fourth-order valence-electron chi connectivity index (χ4n) is 3.64. The lowest BCUT2D eigenvalue weighted by atomic mass is 9.74. The summed E-state index contributed by atoms with van der Waals surface area (Å²) in [7, 11) is 4.24. The molecule has 1 heteroatoms. The number of rotatable bonds is 13. The molecule has 0 amide bonds. The van der Waals surface area contributed by atoms with Crippen LogP contribution in [-0.4, -0.2) is 14.1 Å². The zero-order valence-corrected chi connectivity index (χ0v) is 17.0. The third-order valence-electron chi connectivity index (χ3n) is 5.49. The third-order valence-corrected chi connectivity index (χ3v) is 5.49. The van der Waals surface area contributed by atoms with Crippen LogP contribution in [0.5, 0.6) is 0 Å². The second-order valence-corrected chi connectivity index (χ2v) is 7.98. The van der Waals surface area contributed by atoms with Crippen LogP contribution in [0.2, 0.25) is 0 Å². The van der Waals surface area contributed by atoms with Gasteiger partial charge in [0, 0.05) is 19.8 Å². The van der Waals surface area contributed by atoms with Gasteiger partial charge in [-0.15, -0.1) is 0 Å². The van der Waals surface area contributed by atoms with Crippen LogP contribution in [0.15, 0.2) is 24.3 Å². The molecule has 1 atom stereocenters. The summed E-state index contributed by atoms with van der Waals surface area (Å²) < 4.78 is 0. The highest BCUT2D eigenvalue weighted by molar-refractivity contribution is 5.47. The standard InChI is InChI=1S/C23H41N/c1-6-8-10-12-14-20-23(3,19-13-11-9-7-2)21-15-17-22(18-16-21)24(4)5/h15-18H,6-14,19-20H2,1-5H3. The average Bonchev–Trinajstić information content (AvgIpc) is 2.59. The van der Waals surface area contributed by atoms with Crippen molar-refractivity contribution in [3.8, 4) is 0 Å².